The van der Waals surface area contributed by atoms with Gasteiger partial charge >= 0.3 is 0 Å². The Morgan fingerprint density at radius 1 is 1.64 bits per heavy atom. The number of carbonyl (C=O) groups excluding carboxylic acids is 1. The summed E-state index contributed by atoms with van der Waals surface area (Å²) in [4.78, 5) is 14.2. The van der Waals surface area contributed by atoms with Crippen LogP contribution in [0.3, 0.4) is 0 Å². The van der Waals surface area contributed by atoms with Crippen LogP contribution < -0.4 is 0 Å². The smallest absolute Gasteiger partial charge is 0.280 e. The molecule has 6 heteroatoms. The van der Waals surface area contributed by atoms with Crippen molar-refractivity contribution in [3.8, 4) is 0 Å². The molecule has 0 aliphatic carbocycles. The van der Waals surface area contributed by atoms with Crippen molar-refractivity contribution in [1.29, 1.82) is 0 Å². The Balaban J connectivity index is 3.40. The van der Waals surface area contributed by atoms with E-state index in [0.717, 1.165) is 0 Å². The van der Waals surface area contributed by atoms with E-state index in [4.69, 9.17) is 11.6 Å². The maximum atomic E-state index is 12.4. The predicted molar refractivity (Wildman–Crippen MR) is 56.9 cm³/mol. The molecule has 2 nitrogen and oxygen atoms in total. The zero-order chi connectivity index (χ0) is 10.7. The first-order chi connectivity index (χ1) is 6.61. The number of alkyl halides is 3. The Labute approximate surface area is 97.8 Å². The number of nitrogens with zero attached hydrogens (tertiary/aromatic N) is 1. The van der Waals surface area contributed by atoms with E-state index in [-0.39, 0.29) is 17.0 Å². The number of aromatic nitrogens is 1. The topological polar surface area (TPSA) is 30.0 Å². The van der Waals surface area contributed by atoms with E-state index in [0.29, 0.717) is 9.86 Å². The van der Waals surface area contributed by atoms with Gasteiger partial charge in [-0.2, -0.15) is 0 Å². The van der Waals surface area contributed by atoms with Crippen LogP contribution in [0.4, 0.5) is 8.78 Å². The summed E-state index contributed by atoms with van der Waals surface area (Å²) in [5, 5.41) is 0. The molecule has 0 spiro atoms. The molecule has 0 N–H and O–H groups in total. The van der Waals surface area contributed by atoms with Gasteiger partial charge in [-0.3, -0.25) is 9.78 Å². The molecule has 0 amide bonds. The fourth-order valence-electron chi connectivity index (χ4n) is 1.01. The lowest BCUT2D eigenvalue weighted by atomic mass is 10.1. The molecule has 14 heavy (non-hydrogen) atoms. The molecule has 0 saturated carbocycles. The summed E-state index contributed by atoms with van der Waals surface area (Å²) in [7, 11) is 0. The molecule has 0 bridgehead atoms. The molecule has 0 atom stereocenters. The minimum atomic E-state index is -2.71. The highest BCUT2D eigenvalue weighted by molar-refractivity contribution is 14.1. The number of halogens is 4. The molecule has 0 saturated heterocycles. The normalized spacial score (nSPS) is 10.6. The number of hydrogen-bond donors (Lipinski definition) is 0. The van der Waals surface area contributed by atoms with Crippen molar-refractivity contribution in [2.45, 2.75) is 12.3 Å². The number of hydrogen-bond acceptors (Lipinski definition) is 2. The van der Waals surface area contributed by atoms with E-state index in [9.17, 15) is 13.6 Å². The predicted octanol–water partition coefficient (Wildman–Crippen LogP) is 3.18. The molecule has 0 unspecified atom stereocenters. The van der Waals surface area contributed by atoms with Gasteiger partial charge in [0, 0.05) is 20.9 Å². The number of carbonyl (C=O) groups is 1. The highest BCUT2D eigenvalue weighted by atomic mass is 127. The van der Waals surface area contributed by atoms with Gasteiger partial charge in [-0.15, -0.1) is 11.6 Å². The minimum Gasteiger partial charge on any atom is -0.298 e. The van der Waals surface area contributed by atoms with Crippen molar-refractivity contribution in [1.82, 2.24) is 4.98 Å². The van der Waals surface area contributed by atoms with Gasteiger partial charge in [0.1, 0.15) is 5.69 Å². The summed E-state index contributed by atoms with van der Waals surface area (Å²) < 4.78 is 25.4. The Morgan fingerprint density at radius 2 is 2.29 bits per heavy atom. The van der Waals surface area contributed by atoms with Crippen LogP contribution >= 0.6 is 34.2 Å². The van der Waals surface area contributed by atoms with Gasteiger partial charge in [0.2, 0.25) is 0 Å². The quantitative estimate of drug-likeness (QED) is 0.484. The van der Waals surface area contributed by atoms with E-state index in [1.165, 1.54) is 6.20 Å². The van der Waals surface area contributed by atoms with Gasteiger partial charge in [0.05, 0.1) is 5.88 Å². The second-order valence-electron chi connectivity index (χ2n) is 2.44. The van der Waals surface area contributed by atoms with Gasteiger partial charge < -0.3 is 0 Å². The summed E-state index contributed by atoms with van der Waals surface area (Å²) in [5.41, 5.74) is -0.100. The van der Waals surface area contributed by atoms with E-state index in [1.807, 2.05) is 22.6 Å². The summed E-state index contributed by atoms with van der Waals surface area (Å²) in [5.74, 6) is -0.141. The van der Waals surface area contributed by atoms with Crippen LogP contribution in [0.5, 0.6) is 0 Å². The van der Waals surface area contributed by atoms with Crippen LogP contribution in [-0.4, -0.2) is 11.3 Å². The van der Waals surface area contributed by atoms with Crippen LogP contribution in [0.1, 0.15) is 28.0 Å². The third-order valence-corrected chi connectivity index (χ3v) is 2.79. The van der Waals surface area contributed by atoms with Crippen molar-refractivity contribution in [2.24, 2.45) is 0 Å². The Kier molecular flexibility index (Phi) is 4.18. The lowest BCUT2D eigenvalue weighted by Crippen LogP contribution is -2.03. The molecular formula is C8H5ClF2INO. The van der Waals surface area contributed by atoms with Crippen LogP contribution in [-0.2, 0) is 5.88 Å². The molecule has 1 aromatic heterocycles. The third kappa shape index (κ3) is 2.20. The van der Waals surface area contributed by atoms with Crippen molar-refractivity contribution < 1.29 is 13.6 Å². The molecule has 1 aromatic rings. The first kappa shape index (κ1) is 11.8. The zero-order valence-electron chi connectivity index (χ0n) is 6.81. The third-order valence-electron chi connectivity index (χ3n) is 1.67. The monoisotopic (exact) mass is 331 g/mol. The van der Waals surface area contributed by atoms with Crippen LogP contribution in [0, 0.1) is 3.57 Å². The van der Waals surface area contributed by atoms with Gasteiger partial charge in [0.25, 0.3) is 6.43 Å². The van der Waals surface area contributed by atoms with E-state index in [1.54, 1.807) is 0 Å². The standard InChI is InChI=1S/C8H5ClF2INO/c9-1-4-5(3-14)6(12)2-13-7(4)8(10)11/h2-3,8H,1H2. The molecule has 0 aromatic carbocycles. The first-order valence-electron chi connectivity index (χ1n) is 3.58. The molecule has 76 valence electrons. The summed E-state index contributed by atoms with van der Waals surface area (Å²) in [6.07, 6.45) is -0.950. The summed E-state index contributed by atoms with van der Waals surface area (Å²) in [6.45, 7) is 0. The number of rotatable bonds is 3. The first-order valence-corrected chi connectivity index (χ1v) is 5.19. The van der Waals surface area contributed by atoms with E-state index < -0.39 is 12.1 Å². The van der Waals surface area contributed by atoms with Crippen molar-refractivity contribution >= 4 is 40.5 Å². The Hall–Kier alpha value is -0.300. The second-order valence-corrected chi connectivity index (χ2v) is 3.87. The number of aldehydes is 1. The van der Waals surface area contributed by atoms with E-state index in [2.05, 4.69) is 4.98 Å². The highest BCUT2D eigenvalue weighted by Gasteiger charge is 2.18. The van der Waals surface area contributed by atoms with Crippen molar-refractivity contribution in [3.63, 3.8) is 0 Å². The van der Waals surface area contributed by atoms with Crippen LogP contribution in [0.2, 0.25) is 0 Å². The fourth-order valence-corrected chi connectivity index (χ4v) is 1.88. The van der Waals surface area contributed by atoms with E-state index >= 15 is 0 Å². The average Bonchev–Trinajstić information content (AvgIpc) is 2.16. The van der Waals surface area contributed by atoms with Crippen molar-refractivity contribution in [3.05, 3.63) is 26.6 Å². The molecular weight excluding hydrogens is 326 g/mol. The molecule has 0 radical (unpaired) electrons. The lowest BCUT2D eigenvalue weighted by Gasteiger charge is -2.08. The summed E-state index contributed by atoms with van der Waals surface area (Å²) in [6, 6.07) is 0. The summed E-state index contributed by atoms with van der Waals surface area (Å²) >= 11 is 7.35. The Bertz CT molecular complexity index is 359. The second kappa shape index (κ2) is 4.97. The lowest BCUT2D eigenvalue weighted by molar-refractivity contribution is 0.112. The van der Waals surface area contributed by atoms with Crippen LogP contribution in [0.25, 0.3) is 0 Å². The van der Waals surface area contributed by atoms with Gasteiger partial charge in [-0.1, -0.05) is 0 Å². The van der Waals surface area contributed by atoms with Gasteiger partial charge in [-0.25, -0.2) is 8.78 Å². The maximum Gasteiger partial charge on any atom is 0.280 e. The molecule has 1 heterocycles. The molecule has 0 fully saturated rings. The molecule has 1 rings (SSSR count). The Morgan fingerprint density at radius 3 is 2.71 bits per heavy atom. The minimum absolute atomic E-state index is 0.114. The zero-order valence-corrected chi connectivity index (χ0v) is 9.72. The fraction of sp³-hybridized carbons (Fsp3) is 0.250. The van der Waals surface area contributed by atoms with Gasteiger partial charge in [-0.05, 0) is 22.6 Å². The van der Waals surface area contributed by atoms with Crippen LogP contribution in [0.15, 0.2) is 6.20 Å². The maximum absolute atomic E-state index is 12.4. The van der Waals surface area contributed by atoms with Crippen molar-refractivity contribution in [2.75, 3.05) is 0 Å². The van der Waals surface area contributed by atoms with Gasteiger partial charge in [0.15, 0.2) is 6.29 Å². The highest BCUT2D eigenvalue weighted by Crippen LogP contribution is 2.26. The largest absolute Gasteiger partial charge is 0.298 e. The SMILES string of the molecule is O=Cc1c(I)cnc(C(F)F)c1CCl. The average molecular weight is 331 g/mol. The molecule has 0 aliphatic heterocycles. The molecule has 0 aliphatic rings. The number of pyridine rings is 1.